The predicted molar refractivity (Wildman–Crippen MR) is 104 cm³/mol. The Labute approximate surface area is 151 Å². The summed E-state index contributed by atoms with van der Waals surface area (Å²) in [6, 6.07) is 7.18. The van der Waals surface area contributed by atoms with Crippen molar-refractivity contribution in [2.75, 3.05) is 6.61 Å². The molecule has 0 aliphatic rings. The Hall–Kier alpha value is -2.62. The van der Waals surface area contributed by atoms with E-state index in [9.17, 15) is 9.59 Å². The van der Waals surface area contributed by atoms with Crippen LogP contribution in [0.15, 0.2) is 55.1 Å². The summed E-state index contributed by atoms with van der Waals surface area (Å²) in [6.45, 7) is 12.0. The first-order valence-electron chi connectivity index (χ1n) is 8.57. The van der Waals surface area contributed by atoms with Gasteiger partial charge in [0.2, 0.25) is 5.91 Å². The fraction of sp³-hybridized carbons (Fsp3) is 0.333. The summed E-state index contributed by atoms with van der Waals surface area (Å²) < 4.78 is 5.18. The van der Waals surface area contributed by atoms with Crippen LogP contribution >= 0.6 is 0 Å². The lowest BCUT2D eigenvalue weighted by molar-refractivity contribution is -0.120. The molecule has 1 unspecified atom stereocenters. The molecule has 0 radical (unpaired) electrons. The van der Waals surface area contributed by atoms with Crippen molar-refractivity contribution >= 4 is 17.4 Å². The highest BCUT2D eigenvalue weighted by molar-refractivity contribution is 5.96. The smallest absolute Gasteiger partial charge is 0.338 e. The number of allylic oxidation sites excluding steroid dienone is 4. The number of carbonyl (C=O) groups excluding carboxylic acids is 2. The molecule has 0 aliphatic heterocycles. The molecule has 1 rings (SSSR count). The lowest BCUT2D eigenvalue weighted by atomic mass is 10.0. The average Bonchev–Trinajstić information content (AvgIpc) is 2.64. The van der Waals surface area contributed by atoms with Crippen molar-refractivity contribution in [2.45, 2.75) is 34.1 Å². The number of benzene rings is 1. The van der Waals surface area contributed by atoms with Gasteiger partial charge >= 0.3 is 5.97 Å². The molecule has 1 atom stereocenters. The summed E-state index contributed by atoms with van der Waals surface area (Å²) in [5, 5.41) is 0. The molecule has 0 saturated carbocycles. The molecule has 1 aromatic carbocycles. The van der Waals surface area contributed by atoms with E-state index in [2.05, 4.69) is 6.58 Å². The molecule has 136 valence electrons. The van der Waals surface area contributed by atoms with Crippen LogP contribution in [0, 0.1) is 5.92 Å². The normalized spacial score (nSPS) is 11.7. The Bertz CT molecular complexity index is 630. The number of nitrogens with two attached hydrogens (primary N) is 1. The fourth-order valence-corrected chi connectivity index (χ4v) is 1.80. The van der Waals surface area contributed by atoms with Gasteiger partial charge in [0, 0.05) is 0 Å². The van der Waals surface area contributed by atoms with Gasteiger partial charge in [0.05, 0.1) is 18.1 Å². The Kier molecular flexibility index (Phi) is 11.4. The molecular weight excluding hydrogens is 314 g/mol. The number of carbonyl (C=O) groups is 2. The molecule has 0 spiro atoms. The fourth-order valence-electron chi connectivity index (χ4n) is 1.80. The van der Waals surface area contributed by atoms with Crippen LogP contribution in [0.3, 0.4) is 0 Å². The highest BCUT2D eigenvalue weighted by Crippen LogP contribution is 2.20. The van der Waals surface area contributed by atoms with Gasteiger partial charge in [-0.3, -0.25) is 4.79 Å². The number of ether oxygens (including phenoxy) is 1. The van der Waals surface area contributed by atoms with Crippen LogP contribution in [0.4, 0.5) is 0 Å². The molecule has 0 aromatic heterocycles. The molecule has 0 aliphatic carbocycles. The van der Waals surface area contributed by atoms with Crippen molar-refractivity contribution < 1.29 is 14.3 Å². The zero-order chi connectivity index (χ0) is 19.2. The second kappa shape index (κ2) is 12.8. The first-order chi connectivity index (χ1) is 12.0. The Morgan fingerprint density at radius 3 is 2.36 bits per heavy atom. The van der Waals surface area contributed by atoms with E-state index in [1.54, 1.807) is 43.4 Å². The van der Waals surface area contributed by atoms with Crippen molar-refractivity contribution in [3.8, 4) is 0 Å². The van der Waals surface area contributed by atoms with E-state index in [1.807, 2.05) is 32.9 Å². The minimum absolute atomic E-state index is 0.329. The number of esters is 1. The summed E-state index contributed by atoms with van der Waals surface area (Å²) in [4.78, 5) is 23.0. The average molecular weight is 343 g/mol. The highest BCUT2D eigenvalue weighted by atomic mass is 16.5. The molecule has 25 heavy (non-hydrogen) atoms. The molecule has 4 heteroatoms. The first-order valence-corrected chi connectivity index (χ1v) is 8.57. The Morgan fingerprint density at radius 1 is 1.20 bits per heavy atom. The summed E-state index contributed by atoms with van der Waals surface area (Å²) in [7, 11) is 0. The molecule has 2 N–H and O–H groups in total. The van der Waals surface area contributed by atoms with E-state index >= 15 is 0 Å². The van der Waals surface area contributed by atoms with Crippen molar-refractivity contribution in [1.29, 1.82) is 0 Å². The molecule has 0 bridgehead atoms. The zero-order valence-corrected chi connectivity index (χ0v) is 15.6. The van der Waals surface area contributed by atoms with Gasteiger partial charge in [-0.1, -0.05) is 76.8 Å². The summed E-state index contributed by atoms with van der Waals surface area (Å²) in [5.74, 6) is -1.06. The molecule has 0 heterocycles. The topological polar surface area (TPSA) is 69.4 Å². The maximum Gasteiger partial charge on any atom is 0.338 e. The minimum Gasteiger partial charge on any atom is -0.462 e. The van der Waals surface area contributed by atoms with E-state index in [1.165, 1.54) is 0 Å². The Balaban J connectivity index is 0.00000277. The first kappa shape index (κ1) is 22.4. The quantitative estimate of drug-likeness (QED) is 0.557. The largest absolute Gasteiger partial charge is 0.462 e. The molecule has 1 amide bonds. The monoisotopic (exact) mass is 343 g/mol. The maximum atomic E-state index is 12.1. The SMILES string of the molecule is C=C(/C=C\C=C/C(C)C(N)=O)c1ccccc1C(=O)OCCC.CC. The molecule has 0 fully saturated rings. The second-order valence-electron chi connectivity index (χ2n) is 5.14. The van der Waals surface area contributed by atoms with Crippen LogP contribution in [0.2, 0.25) is 0 Å². The maximum absolute atomic E-state index is 12.1. The van der Waals surface area contributed by atoms with Crippen molar-refractivity contribution in [3.05, 3.63) is 66.3 Å². The number of primary amides is 1. The van der Waals surface area contributed by atoms with Crippen molar-refractivity contribution in [2.24, 2.45) is 11.7 Å². The van der Waals surface area contributed by atoms with E-state index in [4.69, 9.17) is 10.5 Å². The lowest BCUT2D eigenvalue weighted by Crippen LogP contribution is -2.18. The van der Waals surface area contributed by atoms with E-state index in [-0.39, 0.29) is 17.8 Å². The van der Waals surface area contributed by atoms with Crippen LogP contribution < -0.4 is 5.73 Å². The van der Waals surface area contributed by atoms with Gasteiger partial charge in [0.1, 0.15) is 0 Å². The van der Waals surface area contributed by atoms with Crippen LogP contribution in [0.25, 0.3) is 5.57 Å². The van der Waals surface area contributed by atoms with E-state index < -0.39 is 0 Å². The summed E-state index contributed by atoms with van der Waals surface area (Å²) in [6.07, 6.45) is 7.75. The number of hydrogen-bond donors (Lipinski definition) is 1. The summed E-state index contributed by atoms with van der Waals surface area (Å²) in [5.41, 5.74) is 7.08. The molecular formula is C21H29NO3. The zero-order valence-electron chi connectivity index (χ0n) is 15.6. The van der Waals surface area contributed by atoms with Gasteiger partial charge in [-0.15, -0.1) is 0 Å². The molecule has 4 nitrogen and oxygen atoms in total. The van der Waals surface area contributed by atoms with Gasteiger partial charge < -0.3 is 10.5 Å². The third kappa shape index (κ3) is 8.15. The van der Waals surface area contributed by atoms with Crippen molar-refractivity contribution in [3.63, 3.8) is 0 Å². The molecule has 0 saturated heterocycles. The number of hydrogen-bond acceptors (Lipinski definition) is 3. The predicted octanol–water partition coefficient (Wildman–Crippen LogP) is 4.53. The summed E-state index contributed by atoms with van der Waals surface area (Å²) >= 11 is 0. The lowest BCUT2D eigenvalue weighted by Gasteiger charge is -2.09. The van der Waals surface area contributed by atoms with Crippen LogP contribution in [0.1, 0.15) is 50.0 Å². The van der Waals surface area contributed by atoms with Crippen LogP contribution in [-0.2, 0) is 9.53 Å². The molecule has 1 aromatic rings. The third-order valence-electron chi connectivity index (χ3n) is 3.19. The van der Waals surface area contributed by atoms with E-state index in [0.29, 0.717) is 17.7 Å². The van der Waals surface area contributed by atoms with Gasteiger partial charge in [-0.2, -0.15) is 0 Å². The highest BCUT2D eigenvalue weighted by Gasteiger charge is 2.12. The van der Waals surface area contributed by atoms with Crippen LogP contribution in [-0.4, -0.2) is 18.5 Å². The number of amides is 1. The third-order valence-corrected chi connectivity index (χ3v) is 3.19. The van der Waals surface area contributed by atoms with Crippen LogP contribution in [0.5, 0.6) is 0 Å². The van der Waals surface area contributed by atoms with Gasteiger partial charge in [0.25, 0.3) is 0 Å². The standard InChI is InChI=1S/C19H23NO3.C2H6/c1-4-13-23-19(22)17-12-8-7-11-16(17)14(2)9-5-6-10-15(3)18(20)21;1-2/h5-12,15H,2,4,13H2,1,3H3,(H2,20,21);1-2H3/b9-5-,10-6-;. The van der Waals surface area contributed by atoms with E-state index in [0.717, 1.165) is 12.0 Å². The Morgan fingerprint density at radius 2 is 1.80 bits per heavy atom. The van der Waals surface area contributed by atoms with Crippen molar-refractivity contribution in [1.82, 2.24) is 0 Å². The van der Waals surface area contributed by atoms with Gasteiger partial charge in [0.15, 0.2) is 0 Å². The minimum atomic E-state index is -0.377. The van der Waals surface area contributed by atoms with Gasteiger partial charge in [-0.25, -0.2) is 4.79 Å². The second-order valence-corrected chi connectivity index (χ2v) is 5.14. The van der Waals surface area contributed by atoms with Gasteiger partial charge in [-0.05, 0) is 23.6 Å². The number of rotatable bonds is 8.